The van der Waals surface area contributed by atoms with Gasteiger partial charge in [-0.25, -0.2) is 8.42 Å². The van der Waals surface area contributed by atoms with Crippen LogP contribution in [0.3, 0.4) is 0 Å². The van der Waals surface area contributed by atoms with Gasteiger partial charge in [-0.2, -0.15) is 0 Å². The summed E-state index contributed by atoms with van der Waals surface area (Å²) in [4.78, 5) is 0.383. The normalized spacial score (nSPS) is 11.4. The van der Waals surface area contributed by atoms with Crippen LogP contribution >= 0.6 is 0 Å². The van der Waals surface area contributed by atoms with Crippen molar-refractivity contribution >= 4 is 9.84 Å². The van der Waals surface area contributed by atoms with Crippen molar-refractivity contribution in [3.63, 3.8) is 0 Å². The minimum absolute atomic E-state index is 0.0109. The molecule has 0 saturated carbocycles. The van der Waals surface area contributed by atoms with E-state index in [0.29, 0.717) is 5.56 Å². The SMILES string of the molecule is Cc1ccc(S(=O)(=O)c2cccc(O)c2C)cc1. The van der Waals surface area contributed by atoms with Crippen molar-refractivity contribution < 1.29 is 13.5 Å². The third-order valence-corrected chi connectivity index (χ3v) is 4.79. The van der Waals surface area contributed by atoms with E-state index >= 15 is 0 Å². The molecule has 0 amide bonds. The van der Waals surface area contributed by atoms with Crippen LogP contribution in [0.5, 0.6) is 5.75 Å². The highest BCUT2D eigenvalue weighted by Gasteiger charge is 2.20. The van der Waals surface area contributed by atoms with Crippen LogP contribution in [0.1, 0.15) is 11.1 Å². The summed E-state index contributed by atoms with van der Waals surface area (Å²) < 4.78 is 24.8. The number of phenolic OH excluding ortho intramolecular Hbond substituents is 1. The van der Waals surface area contributed by atoms with Crippen LogP contribution in [-0.4, -0.2) is 13.5 Å². The molecule has 0 atom stereocenters. The van der Waals surface area contributed by atoms with Crippen molar-refractivity contribution in [2.24, 2.45) is 0 Å². The first-order valence-electron chi connectivity index (χ1n) is 5.53. The zero-order valence-electron chi connectivity index (χ0n) is 10.2. The molecule has 0 saturated heterocycles. The number of rotatable bonds is 2. The van der Waals surface area contributed by atoms with Crippen molar-refractivity contribution in [2.75, 3.05) is 0 Å². The second-order valence-electron chi connectivity index (χ2n) is 4.22. The lowest BCUT2D eigenvalue weighted by Gasteiger charge is -2.09. The zero-order valence-corrected chi connectivity index (χ0v) is 11.0. The van der Waals surface area contributed by atoms with Gasteiger partial charge in [0.05, 0.1) is 9.79 Å². The average molecular weight is 262 g/mol. The average Bonchev–Trinajstić information content (AvgIpc) is 2.33. The Kier molecular flexibility index (Phi) is 3.13. The van der Waals surface area contributed by atoms with Gasteiger partial charge in [0.25, 0.3) is 0 Å². The van der Waals surface area contributed by atoms with Crippen molar-refractivity contribution in [3.8, 4) is 5.75 Å². The zero-order chi connectivity index (χ0) is 13.3. The van der Waals surface area contributed by atoms with Crippen LogP contribution in [0.4, 0.5) is 0 Å². The lowest BCUT2D eigenvalue weighted by molar-refractivity contribution is 0.468. The number of benzene rings is 2. The molecule has 0 spiro atoms. The maximum Gasteiger partial charge on any atom is 0.206 e. The predicted octanol–water partition coefficient (Wildman–Crippen LogP) is 2.84. The molecule has 18 heavy (non-hydrogen) atoms. The van der Waals surface area contributed by atoms with E-state index in [0.717, 1.165) is 5.56 Å². The van der Waals surface area contributed by atoms with Gasteiger partial charge in [0.2, 0.25) is 9.84 Å². The van der Waals surface area contributed by atoms with Gasteiger partial charge in [-0.05, 0) is 38.1 Å². The highest BCUT2D eigenvalue weighted by Crippen LogP contribution is 2.28. The Morgan fingerprint density at radius 2 is 1.56 bits per heavy atom. The van der Waals surface area contributed by atoms with E-state index in [1.807, 2.05) is 6.92 Å². The van der Waals surface area contributed by atoms with Crippen molar-refractivity contribution in [2.45, 2.75) is 23.6 Å². The first kappa shape index (κ1) is 12.6. The van der Waals surface area contributed by atoms with Crippen LogP contribution in [0.15, 0.2) is 52.3 Å². The van der Waals surface area contributed by atoms with Gasteiger partial charge in [0.1, 0.15) is 5.75 Å². The molecular formula is C14H14O3S. The third-order valence-electron chi connectivity index (χ3n) is 2.88. The standard InChI is InChI=1S/C14H14O3S/c1-10-6-8-12(9-7-10)18(16,17)14-5-3-4-13(15)11(14)2/h3-9,15H,1-2H3. The van der Waals surface area contributed by atoms with E-state index in [2.05, 4.69) is 0 Å². The number of sulfone groups is 1. The lowest BCUT2D eigenvalue weighted by Crippen LogP contribution is -2.04. The van der Waals surface area contributed by atoms with Gasteiger partial charge in [-0.15, -0.1) is 0 Å². The Morgan fingerprint density at radius 1 is 0.944 bits per heavy atom. The van der Waals surface area contributed by atoms with Crippen molar-refractivity contribution in [1.29, 1.82) is 0 Å². The summed E-state index contributed by atoms with van der Waals surface area (Å²) in [6.07, 6.45) is 0. The van der Waals surface area contributed by atoms with Gasteiger partial charge in [0, 0.05) is 5.56 Å². The van der Waals surface area contributed by atoms with Crippen LogP contribution in [0.25, 0.3) is 0 Å². The fourth-order valence-electron chi connectivity index (χ4n) is 1.74. The lowest BCUT2D eigenvalue weighted by atomic mass is 10.2. The van der Waals surface area contributed by atoms with Crippen LogP contribution in [0, 0.1) is 13.8 Å². The Hall–Kier alpha value is -1.81. The van der Waals surface area contributed by atoms with E-state index in [-0.39, 0.29) is 15.5 Å². The van der Waals surface area contributed by atoms with Crippen molar-refractivity contribution in [1.82, 2.24) is 0 Å². The van der Waals surface area contributed by atoms with E-state index < -0.39 is 9.84 Å². The minimum atomic E-state index is -3.57. The molecule has 0 aromatic heterocycles. The van der Waals surface area contributed by atoms with Gasteiger partial charge in [0.15, 0.2) is 0 Å². The molecule has 2 rings (SSSR count). The number of aromatic hydroxyl groups is 1. The molecule has 94 valence electrons. The summed E-state index contributed by atoms with van der Waals surface area (Å²) in [5, 5.41) is 9.59. The Labute approximate surface area is 107 Å². The van der Waals surface area contributed by atoms with E-state index in [4.69, 9.17) is 0 Å². The molecule has 0 aliphatic carbocycles. The molecule has 1 N–H and O–H groups in total. The van der Waals surface area contributed by atoms with Gasteiger partial charge >= 0.3 is 0 Å². The minimum Gasteiger partial charge on any atom is -0.508 e. The molecule has 0 aliphatic rings. The number of hydrogen-bond acceptors (Lipinski definition) is 3. The maximum atomic E-state index is 12.4. The molecule has 0 heterocycles. The van der Waals surface area contributed by atoms with Crippen LogP contribution in [-0.2, 0) is 9.84 Å². The van der Waals surface area contributed by atoms with Crippen LogP contribution < -0.4 is 0 Å². The fraction of sp³-hybridized carbons (Fsp3) is 0.143. The first-order valence-corrected chi connectivity index (χ1v) is 7.01. The fourth-order valence-corrected chi connectivity index (χ4v) is 3.25. The van der Waals surface area contributed by atoms with E-state index in [9.17, 15) is 13.5 Å². The molecule has 3 nitrogen and oxygen atoms in total. The summed E-state index contributed by atoms with van der Waals surface area (Å²) in [5.74, 6) is -0.0109. The Balaban J connectivity index is 2.62. The van der Waals surface area contributed by atoms with E-state index in [1.54, 1.807) is 31.2 Å². The van der Waals surface area contributed by atoms with Gasteiger partial charge in [-0.1, -0.05) is 23.8 Å². The molecule has 0 aliphatic heterocycles. The topological polar surface area (TPSA) is 54.4 Å². The molecule has 0 fully saturated rings. The number of aryl methyl sites for hydroxylation is 1. The largest absolute Gasteiger partial charge is 0.508 e. The Morgan fingerprint density at radius 3 is 2.17 bits per heavy atom. The van der Waals surface area contributed by atoms with Gasteiger partial charge < -0.3 is 5.11 Å². The second-order valence-corrected chi connectivity index (χ2v) is 6.13. The first-order chi connectivity index (χ1) is 8.43. The highest BCUT2D eigenvalue weighted by molar-refractivity contribution is 7.91. The molecule has 0 unspecified atom stereocenters. The molecule has 4 heteroatoms. The summed E-state index contributed by atoms with van der Waals surface area (Å²) in [6, 6.07) is 11.2. The molecule has 2 aromatic carbocycles. The van der Waals surface area contributed by atoms with Crippen molar-refractivity contribution in [3.05, 3.63) is 53.6 Å². The molecular weight excluding hydrogens is 248 g/mol. The monoisotopic (exact) mass is 262 g/mol. The van der Waals surface area contributed by atoms with Crippen LogP contribution in [0.2, 0.25) is 0 Å². The quantitative estimate of drug-likeness (QED) is 0.905. The summed E-state index contributed by atoms with van der Waals surface area (Å²) in [7, 11) is -3.57. The number of hydrogen-bond donors (Lipinski definition) is 1. The summed E-state index contributed by atoms with van der Waals surface area (Å²) >= 11 is 0. The Bertz CT molecular complexity index is 671. The molecule has 0 bridgehead atoms. The smallest absolute Gasteiger partial charge is 0.206 e. The summed E-state index contributed by atoms with van der Waals surface area (Å²) in [5.41, 5.74) is 1.37. The predicted molar refractivity (Wildman–Crippen MR) is 69.5 cm³/mol. The summed E-state index contributed by atoms with van der Waals surface area (Å²) in [6.45, 7) is 3.49. The van der Waals surface area contributed by atoms with Gasteiger partial charge in [-0.3, -0.25) is 0 Å². The molecule has 2 aromatic rings. The van der Waals surface area contributed by atoms with E-state index in [1.165, 1.54) is 18.2 Å². The number of phenols is 1. The third kappa shape index (κ3) is 2.11. The second kappa shape index (κ2) is 4.46. The highest BCUT2D eigenvalue weighted by atomic mass is 32.2. The molecule has 0 radical (unpaired) electrons. The maximum absolute atomic E-state index is 12.4.